The Bertz CT molecular complexity index is 220. The minimum atomic E-state index is -0.147. The average molecular weight is 243 g/mol. The first-order chi connectivity index (χ1) is 7.70. The molecule has 0 saturated carbocycles. The lowest BCUT2D eigenvalue weighted by molar-refractivity contribution is -0.134. The first-order valence-electron chi connectivity index (χ1n) is 6.63. The zero-order chi connectivity index (χ0) is 12.0. The summed E-state index contributed by atoms with van der Waals surface area (Å²) in [7, 11) is 0. The highest BCUT2D eigenvalue weighted by Crippen LogP contribution is 2.35. The third-order valence-electron chi connectivity index (χ3n) is 3.60. The van der Waals surface area contributed by atoms with Crippen molar-refractivity contribution in [2.75, 3.05) is 18.8 Å². The van der Waals surface area contributed by atoms with Crippen LogP contribution >= 0.6 is 11.8 Å². The molecule has 1 saturated heterocycles. The van der Waals surface area contributed by atoms with Crippen LogP contribution in [0.1, 0.15) is 52.9 Å². The summed E-state index contributed by atoms with van der Waals surface area (Å²) in [5, 5.41) is 0. The van der Waals surface area contributed by atoms with Crippen LogP contribution in [0.3, 0.4) is 0 Å². The highest BCUT2D eigenvalue weighted by atomic mass is 32.2. The molecule has 1 amide bonds. The van der Waals surface area contributed by atoms with Crippen molar-refractivity contribution in [3.8, 4) is 0 Å². The van der Waals surface area contributed by atoms with E-state index in [2.05, 4.69) is 25.7 Å². The monoisotopic (exact) mass is 243 g/mol. The maximum atomic E-state index is 12.6. The van der Waals surface area contributed by atoms with Crippen molar-refractivity contribution in [1.82, 2.24) is 4.90 Å². The lowest BCUT2D eigenvalue weighted by Crippen LogP contribution is -2.48. The summed E-state index contributed by atoms with van der Waals surface area (Å²) in [6.07, 6.45) is 5.57. The van der Waals surface area contributed by atoms with E-state index in [-0.39, 0.29) is 4.75 Å². The Morgan fingerprint density at radius 2 is 1.69 bits per heavy atom. The Labute approximate surface area is 104 Å². The summed E-state index contributed by atoms with van der Waals surface area (Å²) in [5.41, 5.74) is 0. The minimum Gasteiger partial charge on any atom is -0.341 e. The number of hydrogen-bond acceptors (Lipinski definition) is 2. The van der Waals surface area contributed by atoms with E-state index in [9.17, 15) is 4.79 Å². The molecule has 0 radical (unpaired) electrons. The normalized spacial score (nSPS) is 17.6. The highest BCUT2D eigenvalue weighted by Gasteiger charge is 2.38. The van der Waals surface area contributed by atoms with Gasteiger partial charge < -0.3 is 4.90 Å². The van der Waals surface area contributed by atoms with Gasteiger partial charge in [-0.15, -0.1) is 11.8 Å². The summed E-state index contributed by atoms with van der Waals surface area (Å²) in [4.78, 5) is 14.7. The minimum absolute atomic E-state index is 0.147. The van der Waals surface area contributed by atoms with Crippen molar-refractivity contribution in [1.29, 1.82) is 0 Å². The Kier molecular flexibility index (Phi) is 5.67. The maximum absolute atomic E-state index is 12.6. The maximum Gasteiger partial charge on any atom is 0.238 e. The molecule has 1 aliphatic heterocycles. The predicted molar refractivity (Wildman–Crippen MR) is 71.9 cm³/mol. The molecule has 1 rings (SSSR count). The summed E-state index contributed by atoms with van der Waals surface area (Å²) in [6.45, 7) is 8.39. The van der Waals surface area contributed by atoms with Crippen molar-refractivity contribution in [3.63, 3.8) is 0 Å². The van der Waals surface area contributed by atoms with Gasteiger partial charge in [0.1, 0.15) is 0 Å². The van der Waals surface area contributed by atoms with E-state index in [1.54, 1.807) is 0 Å². The molecule has 0 aromatic rings. The van der Waals surface area contributed by atoms with Gasteiger partial charge in [0.15, 0.2) is 0 Å². The van der Waals surface area contributed by atoms with Crippen LogP contribution in [0.25, 0.3) is 0 Å². The van der Waals surface area contributed by atoms with E-state index in [4.69, 9.17) is 0 Å². The lowest BCUT2D eigenvalue weighted by Gasteiger charge is -2.37. The Morgan fingerprint density at radius 3 is 2.12 bits per heavy atom. The molecule has 94 valence electrons. The van der Waals surface area contributed by atoms with Crippen LogP contribution < -0.4 is 0 Å². The van der Waals surface area contributed by atoms with E-state index < -0.39 is 0 Å². The second-order valence-electron chi connectivity index (χ2n) is 4.49. The van der Waals surface area contributed by atoms with Crippen molar-refractivity contribution < 1.29 is 4.79 Å². The van der Waals surface area contributed by atoms with Crippen molar-refractivity contribution >= 4 is 17.7 Å². The number of rotatable bonds is 5. The predicted octanol–water partition coefficient (Wildman–Crippen LogP) is 3.31. The van der Waals surface area contributed by atoms with E-state index in [0.29, 0.717) is 5.91 Å². The molecule has 0 bridgehead atoms. The summed E-state index contributed by atoms with van der Waals surface area (Å²) in [6, 6.07) is 0. The van der Waals surface area contributed by atoms with E-state index in [0.717, 1.165) is 31.7 Å². The van der Waals surface area contributed by atoms with Gasteiger partial charge in [-0.1, -0.05) is 20.8 Å². The molecule has 0 aromatic carbocycles. The van der Waals surface area contributed by atoms with Gasteiger partial charge >= 0.3 is 0 Å². The molecule has 3 heteroatoms. The quantitative estimate of drug-likeness (QED) is 0.738. The molecule has 0 spiro atoms. The standard InChI is InChI=1S/C13H25NOS/c1-4-13(5-2,16-6-3)12(15)14-10-8-7-9-11-14/h4-11H2,1-3H3. The van der Waals surface area contributed by atoms with Crippen molar-refractivity contribution in [3.05, 3.63) is 0 Å². The molecule has 1 aliphatic rings. The molecular formula is C13H25NOS. The summed E-state index contributed by atoms with van der Waals surface area (Å²) in [5.74, 6) is 1.42. The number of carbonyl (C=O) groups excluding carboxylic acids is 1. The molecule has 0 N–H and O–H groups in total. The second kappa shape index (κ2) is 6.53. The van der Waals surface area contributed by atoms with Crippen LogP contribution in [-0.2, 0) is 4.79 Å². The van der Waals surface area contributed by atoms with Gasteiger partial charge in [-0.3, -0.25) is 4.79 Å². The first kappa shape index (κ1) is 13.9. The van der Waals surface area contributed by atoms with Crippen LogP contribution in [0.5, 0.6) is 0 Å². The fourth-order valence-electron chi connectivity index (χ4n) is 2.48. The third-order valence-corrected chi connectivity index (χ3v) is 5.19. The molecule has 0 unspecified atom stereocenters. The fourth-order valence-corrected chi connectivity index (χ4v) is 3.69. The van der Waals surface area contributed by atoms with Crippen molar-refractivity contribution in [2.24, 2.45) is 0 Å². The van der Waals surface area contributed by atoms with Crippen LogP contribution in [0.2, 0.25) is 0 Å². The van der Waals surface area contributed by atoms with Gasteiger partial charge in [0.2, 0.25) is 5.91 Å². The van der Waals surface area contributed by atoms with Gasteiger partial charge in [-0.25, -0.2) is 0 Å². The van der Waals surface area contributed by atoms with Crippen LogP contribution in [0.4, 0.5) is 0 Å². The van der Waals surface area contributed by atoms with E-state index in [1.807, 2.05) is 11.8 Å². The number of likely N-dealkylation sites (tertiary alicyclic amines) is 1. The molecular weight excluding hydrogens is 218 g/mol. The SMILES string of the molecule is CCSC(CC)(CC)C(=O)N1CCCCC1. The number of piperidine rings is 1. The molecule has 1 fully saturated rings. The second-order valence-corrected chi connectivity index (χ2v) is 6.13. The van der Waals surface area contributed by atoms with Crippen molar-refractivity contribution in [2.45, 2.75) is 57.6 Å². The molecule has 16 heavy (non-hydrogen) atoms. The number of nitrogens with zero attached hydrogens (tertiary/aromatic N) is 1. The van der Waals surface area contributed by atoms with Crippen LogP contribution in [0.15, 0.2) is 0 Å². The zero-order valence-corrected chi connectivity index (χ0v) is 11.7. The summed E-state index contributed by atoms with van der Waals surface area (Å²) < 4.78 is -0.147. The third kappa shape index (κ3) is 2.93. The largest absolute Gasteiger partial charge is 0.341 e. The topological polar surface area (TPSA) is 20.3 Å². The summed E-state index contributed by atoms with van der Waals surface area (Å²) >= 11 is 1.83. The van der Waals surface area contributed by atoms with Gasteiger partial charge in [-0.2, -0.15) is 0 Å². The van der Waals surface area contributed by atoms with Crippen LogP contribution in [0, 0.1) is 0 Å². The Balaban J connectivity index is 2.72. The highest BCUT2D eigenvalue weighted by molar-refractivity contribution is 8.01. The van der Waals surface area contributed by atoms with E-state index >= 15 is 0 Å². The van der Waals surface area contributed by atoms with Gasteiger partial charge in [0.25, 0.3) is 0 Å². The Morgan fingerprint density at radius 1 is 1.12 bits per heavy atom. The average Bonchev–Trinajstić information content (AvgIpc) is 2.36. The Hall–Kier alpha value is -0.180. The fraction of sp³-hybridized carbons (Fsp3) is 0.923. The number of amides is 1. The number of hydrogen-bond donors (Lipinski definition) is 0. The van der Waals surface area contributed by atoms with Gasteiger partial charge in [0.05, 0.1) is 4.75 Å². The van der Waals surface area contributed by atoms with E-state index in [1.165, 1.54) is 19.3 Å². The van der Waals surface area contributed by atoms with Crippen LogP contribution in [-0.4, -0.2) is 34.4 Å². The number of carbonyl (C=O) groups is 1. The molecule has 0 aromatic heterocycles. The number of thioether (sulfide) groups is 1. The van der Waals surface area contributed by atoms with Gasteiger partial charge in [0, 0.05) is 13.1 Å². The molecule has 0 aliphatic carbocycles. The first-order valence-corrected chi connectivity index (χ1v) is 7.62. The zero-order valence-electron chi connectivity index (χ0n) is 10.9. The van der Waals surface area contributed by atoms with Gasteiger partial charge in [-0.05, 0) is 37.9 Å². The molecule has 0 atom stereocenters. The smallest absolute Gasteiger partial charge is 0.238 e. The molecule has 2 nitrogen and oxygen atoms in total. The molecule has 1 heterocycles. The lowest BCUT2D eigenvalue weighted by atomic mass is 9.99.